The Balaban J connectivity index is 2.17. The first-order chi connectivity index (χ1) is 8.08. The highest BCUT2D eigenvalue weighted by Crippen LogP contribution is 2.38. The second kappa shape index (κ2) is 5.83. The van der Waals surface area contributed by atoms with Crippen LogP contribution in [0.1, 0.15) is 21.5 Å². The van der Waals surface area contributed by atoms with Gasteiger partial charge in [-0.2, -0.15) is 0 Å². The van der Waals surface area contributed by atoms with Crippen LogP contribution in [0.3, 0.4) is 0 Å². The number of hydrogen-bond acceptors (Lipinski definition) is 2. The molecule has 90 valence electrons. The fourth-order valence-electron chi connectivity index (χ4n) is 1.52. The van der Waals surface area contributed by atoms with Crippen molar-refractivity contribution in [1.82, 2.24) is 4.98 Å². The van der Waals surface area contributed by atoms with Gasteiger partial charge in [-0.1, -0.05) is 6.07 Å². The molecule has 1 nitrogen and oxygen atoms in total. The highest BCUT2D eigenvalue weighted by atomic mass is 79.9. The van der Waals surface area contributed by atoms with Gasteiger partial charge in [-0.3, -0.25) is 4.98 Å². The molecule has 0 aromatic carbocycles. The van der Waals surface area contributed by atoms with Crippen LogP contribution in [-0.4, -0.2) is 4.98 Å². The van der Waals surface area contributed by atoms with Crippen LogP contribution >= 0.6 is 54.8 Å². The molecular formula is C12H10Br2ClNS. The van der Waals surface area contributed by atoms with Crippen molar-refractivity contribution >= 4 is 54.8 Å². The molecule has 0 saturated carbocycles. The zero-order valence-electron chi connectivity index (χ0n) is 9.08. The predicted octanol–water partition coefficient (Wildman–Crippen LogP) is 5.50. The van der Waals surface area contributed by atoms with E-state index in [2.05, 4.69) is 55.9 Å². The molecule has 0 aliphatic rings. The molecule has 5 heteroatoms. The molecule has 0 radical (unpaired) electrons. The van der Waals surface area contributed by atoms with Crippen molar-refractivity contribution < 1.29 is 0 Å². The summed E-state index contributed by atoms with van der Waals surface area (Å²) in [5.41, 5.74) is 2.25. The third-order valence-corrected chi connectivity index (χ3v) is 6.35. The van der Waals surface area contributed by atoms with Crippen molar-refractivity contribution in [1.29, 1.82) is 0 Å². The zero-order chi connectivity index (χ0) is 12.4. The first-order valence-corrected chi connectivity index (χ1v) is 7.91. The Labute approximate surface area is 126 Å². The van der Waals surface area contributed by atoms with E-state index in [9.17, 15) is 0 Å². The van der Waals surface area contributed by atoms with Gasteiger partial charge < -0.3 is 0 Å². The number of halogens is 3. The Morgan fingerprint density at radius 2 is 2.24 bits per heavy atom. The maximum absolute atomic E-state index is 6.43. The Morgan fingerprint density at radius 1 is 1.47 bits per heavy atom. The summed E-state index contributed by atoms with van der Waals surface area (Å²) in [4.78, 5) is 5.52. The van der Waals surface area contributed by atoms with Gasteiger partial charge in [0.2, 0.25) is 0 Å². The molecule has 0 bridgehead atoms. The molecule has 2 heterocycles. The summed E-state index contributed by atoms with van der Waals surface area (Å²) in [5, 5.41) is -0.0313. The molecule has 2 rings (SSSR count). The van der Waals surface area contributed by atoms with Crippen LogP contribution in [0.2, 0.25) is 0 Å². The minimum absolute atomic E-state index is 0.0313. The van der Waals surface area contributed by atoms with Gasteiger partial charge in [0.25, 0.3) is 0 Å². The summed E-state index contributed by atoms with van der Waals surface area (Å²) >= 11 is 15.0. The molecule has 0 aliphatic heterocycles. The molecule has 17 heavy (non-hydrogen) atoms. The molecule has 1 unspecified atom stereocenters. The molecule has 0 amide bonds. The second-order valence-electron chi connectivity index (χ2n) is 3.71. The number of pyridine rings is 1. The lowest BCUT2D eigenvalue weighted by atomic mass is 10.1. The van der Waals surface area contributed by atoms with Gasteiger partial charge in [-0.25, -0.2) is 0 Å². The van der Waals surface area contributed by atoms with Gasteiger partial charge in [0.15, 0.2) is 0 Å². The predicted molar refractivity (Wildman–Crippen MR) is 81.0 cm³/mol. The highest BCUT2D eigenvalue weighted by molar-refractivity contribution is 9.13. The lowest BCUT2D eigenvalue weighted by Crippen LogP contribution is -1.98. The average Bonchev–Trinajstić information content (AvgIpc) is 2.63. The van der Waals surface area contributed by atoms with E-state index in [1.807, 2.05) is 12.3 Å². The molecule has 0 spiro atoms. The largest absolute Gasteiger partial charge is 0.261 e. The van der Waals surface area contributed by atoms with Gasteiger partial charge >= 0.3 is 0 Å². The standard InChI is InChI=1S/C12H10Br2ClNS/c1-7-3-2-4-16-10(7)6-9(15)11-5-8(13)12(14)17-11/h2-5,9H,6H2,1H3. The third kappa shape index (κ3) is 3.31. The molecule has 1 atom stereocenters. The summed E-state index contributed by atoms with van der Waals surface area (Å²) in [6.45, 7) is 2.06. The number of alkyl halides is 1. The van der Waals surface area contributed by atoms with Gasteiger partial charge in [0, 0.05) is 27.7 Å². The summed E-state index contributed by atoms with van der Waals surface area (Å²) < 4.78 is 2.14. The van der Waals surface area contributed by atoms with Crippen LogP contribution in [0.15, 0.2) is 32.7 Å². The molecule has 2 aromatic heterocycles. The molecule has 0 aliphatic carbocycles. The number of thiophene rings is 1. The van der Waals surface area contributed by atoms with E-state index in [1.165, 1.54) is 5.56 Å². The second-order valence-corrected chi connectivity index (χ2v) is 7.49. The van der Waals surface area contributed by atoms with E-state index in [4.69, 9.17) is 11.6 Å². The van der Waals surface area contributed by atoms with E-state index in [0.29, 0.717) is 0 Å². The van der Waals surface area contributed by atoms with Crippen molar-refractivity contribution in [2.24, 2.45) is 0 Å². The number of rotatable bonds is 3. The van der Waals surface area contributed by atoms with E-state index < -0.39 is 0 Å². The Hall–Kier alpha value is 0.1000. The Kier molecular flexibility index (Phi) is 4.64. The first kappa shape index (κ1) is 13.5. The van der Waals surface area contributed by atoms with Gasteiger partial charge in [0.05, 0.1) is 9.16 Å². The molecule has 0 fully saturated rings. The summed E-state index contributed by atoms with van der Waals surface area (Å²) in [6, 6.07) is 6.07. The fraction of sp³-hybridized carbons (Fsp3) is 0.250. The van der Waals surface area contributed by atoms with Gasteiger partial charge in [-0.15, -0.1) is 22.9 Å². The summed E-state index contributed by atoms with van der Waals surface area (Å²) in [5.74, 6) is 0. The maximum atomic E-state index is 6.43. The van der Waals surface area contributed by atoms with Crippen LogP contribution in [0.4, 0.5) is 0 Å². The lowest BCUT2D eigenvalue weighted by molar-refractivity contribution is 0.883. The highest BCUT2D eigenvalue weighted by Gasteiger charge is 2.15. The first-order valence-electron chi connectivity index (χ1n) is 5.07. The van der Waals surface area contributed by atoms with Gasteiger partial charge in [0.1, 0.15) is 0 Å². The van der Waals surface area contributed by atoms with E-state index in [0.717, 1.165) is 25.3 Å². The molecular weight excluding hydrogens is 385 g/mol. The summed E-state index contributed by atoms with van der Waals surface area (Å²) in [7, 11) is 0. The van der Waals surface area contributed by atoms with Crippen LogP contribution < -0.4 is 0 Å². The number of aryl methyl sites for hydroxylation is 1. The zero-order valence-corrected chi connectivity index (χ0v) is 13.8. The average molecular weight is 396 g/mol. The van der Waals surface area contributed by atoms with Crippen LogP contribution in [0.5, 0.6) is 0 Å². The minimum atomic E-state index is -0.0313. The normalized spacial score (nSPS) is 12.7. The number of nitrogens with zero attached hydrogens (tertiary/aromatic N) is 1. The maximum Gasteiger partial charge on any atom is 0.0843 e. The van der Waals surface area contributed by atoms with Crippen LogP contribution in [0.25, 0.3) is 0 Å². The van der Waals surface area contributed by atoms with E-state index in [1.54, 1.807) is 11.3 Å². The van der Waals surface area contributed by atoms with Crippen molar-refractivity contribution in [3.8, 4) is 0 Å². The fourth-order valence-corrected chi connectivity index (χ4v) is 3.93. The van der Waals surface area contributed by atoms with Crippen molar-refractivity contribution in [3.05, 3.63) is 48.8 Å². The minimum Gasteiger partial charge on any atom is -0.261 e. The Bertz CT molecular complexity index is 507. The van der Waals surface area contributed by atoms with Gasteiger partial charge in [-0.05, 0) is 56.5 Å². The van der Waals surface area contributed by atoms with Crippen molar-refractivity contribution in [2.75, 3.05) is 0 Å². The number of aromatic nitrogens is 1. The van der Waals surface area contributed by atoms with Crippen LogP contribution in [0, 0.1) is 6.92 Å². The smallest absolute Gasteiger partial charge is 0.0843 e. The molecule has 2 aromatic rings. The van der Waals surface area contributed by atoms with Crippen molar-refractivity contribution in [3.63, 3.8) is 0 Å². The van der Waals surface area contributed by atoms with Crippen LogP contribution in [-0.2, 0) is 6.42 Å². The monoisotopic (exact) mass is 393 g/mol. The van der Waals surface area contributed by atoms with E-state index in [-0.39, 0.29) is 5.38 Å². The third-order valence-electron chi connectivity index (χ3n) is 2.46. The SMILES string of the molecule is Cc1cccnc1CC(Cl)c1cc(Br)c(Br)s1. The molecule has 0 saturated heterocycles. The number of hydrogen-bond donors (Lipinski definition) is 0. The summed E-state index contributed by atoms with van der Waals surface area (Å²) in [6.07, 6.45) is 2.57. The Morgan fingerprint density at radius 3 is 2.82 bits per heavy atom. The van der Waals surface area contributed by atoms with E-state index >= 15 is 0 Å². The van der Waals surface area contributed by atoms with Crippen molar-refractivity contribution in [2.45, 2.75) is 18.7 Å². The lowest BCUT2D eigenvalue weighted by Gasteiger charge is -2.08. The quantitative estimate of drug-likeness (QED) is 0.626. The molecule has 0 N–H and O–H groups in total. The topological polar surface area (TPSA) is 12.9 Å².